The van der Waals surface area contributed by atoms with Crippen molar-refractivity contribution in [2.24, 2.45) is 0 Å². The molecule has 3 aromatic rings. The summed E-state index contributed by atoms with van der Waals surface area (Å²) >= 11 is 0. The number of aromatic nitrogens is 3. The van der Waals surface area contributed by atoms with Crippen molar-refractivity contribution in [1.29, 1.82) is 5.26 Å². The van der Waals surface area contributed by atoms with E-state index >= 15 is 0 Å². The quantitative estimate of drug-likeness (QED) is 0.740. The lowest BCUT2D eigenvalue weighted by molar-refractivity contribution is 0.392. The summed E-state index contributed by atoms with van der Waals surface area (Å²) in [6, 6.07) is 8.50. The first-order valence-electron chi connectivity index (χ1n) is 7.40. The minimum Gasteiger partial charge on any atom is -0.361 e. The molecule has 1 aromatic carbocycles. The zero-order valence-corrected chi connectivity index (χ0v) is 13.1. The van der Waals surface area contributed by atoms with E-state index in [-0.39, 0.29) is 0 Å². The van der Waals surface area contributed by atoms with E-state index in [9.17, 15) is 0 Å². The van der Waals surface area contributed by atoms with Crippen LogP contribution < -0.4 is 0 Å². The van der Waals surface area contributed by atoms with Crippen LogP contribution in [0.3, 0.4) is 0 Å². The normalized spacial score (nSPS) is 11.0. The van der Waals surface area contributed by atoms with Crippen molar-refractivity contribution in [1.82, 2.24) is 14.7 Å². The van der Waals surface area contributed by atoms with Gasteiger partial charge < -0.3 is 9.09 Å². The fourth-order valence-electron chi connectivity index (χ4n) is 2.71. The Morgan fingerprint density at radius 3 is 2.77 bits per heavy atom. The van der Waals surface area contributed by atoms with Gasteiger partial charge in [-0.2, -0.15) is 5.26 Å². The Bertz CT molecular complexity index is 847. The number of fused-ring (bicyclic) bond motifs is 1. The molecule has 2 heterocycles. The van der Waals surface area contributed by atoms with Crippen LogP contribution in [0.2, 0.25) is 0 Å². The van der Waals surface area contributed by atoms with E-state index in [2.05, 4.69) is 45.9 Å². The molecule has 0 aliphatic rings. The molecular weight excluding hydrogens is 276 g/mol. The fourth-order valence-corrected chi connectivity index (χ4v) is 2.71. The van der Waals surface area contributed by atoms with Gasteiger partial charge in [0.1, 0.15) is 11.6 Å². The van der Waals surface area contributed by atoms with Gasteiger partial charge in [-0.25, -0.2) is 4.98 Å². The summed E-state index contributed by atoms with van der Waals surface area (Å²) < 4.78 is 7.33. The Morgan fingerprint density at radius 2 is 2.14 bits per heavy atom. The number of imidazole rings is 1. The molecule has 0 N–H and O–H groups in total. The minimum atomic E-state index is 0.291. The SMILES string of the molecule is CCc1ccc2c(c1)nc(CC#N)n2Cc1c(C)noc1C. The van der Waals surface area contributed by atoms with Gasteiger partial charge in [0.2, 0.25) is 0 Å². The van der Waals surface area contributed by atoms with Crippen LogP contribution in [0, 0.1) is 25.2 Å². The summed E-state index contributed by atoms with van der Waals surface area (Å²) in [5, 5.41) is 13.1. The molecule has 0 aliphatic carbocycles. The Kier molecular flexibility index (Phi) is 3.68. The third kappa shape index (κ3) is 2.37. The Morgan fingerprint density at radius 1 is 1.32 bits per heavy atom. The number of hydrogen-bond donors (Lipinski definition) is 0. The lowest BCUT2D eigenvalue weighted by Crippen LogP contribution is -2.06. The molecule has 0 fully saturated rings. The minimum absolute atomic E-state index is 0.291. The summed E-state index contributed by atoms with van der Waals surface area (Å²) in [6.45, 7) is 6.59. The summed E-state index contributed by atoms with van der Waals surface area (Å²) in [6.07, 6.45) is 1.26. The van der Waals surface area contributed by atoms with Crippen molar-refractivity contribution in [2.75, 3.05) is 0 Å². The standard InChI is InChI=1S/C17H18N4O/c1-4-13-5-6-16-15(9-13)19-17(7-8-18)21(16)10-14-11(2)20-22-12(14)3/h5-6,9H,4,7,10H2,1-3H3. The predicted octanol–water partition coefficient (Wildman–Crippen LogP) is 3.32. The monoisotopic (exact) mass is 294 g/mol. The van der Waals surface area contributed by atoms with E-state index in [4.69, 9.17) is 9.78 Å². The molecule has 0 saturated heterocycles. The molecule has 0 aliphatic heterocycles. The molecule has 112 valence electrons. The molecule has 0 radical (unpaired) electrons. The number of hydrogen-bond acceptors (Lipinski definition) is 4. The van der Waals surface area contributed by atoms with Crippen LogP contribution in [0.1, 0.15) is 35.3 Å². The fraction of sp³-hybridized carbons (Fsp3) is 0.353. The van der Waals surface area contributed by atoms with E-state index in [0.717, 1.165) is 40.3 Å². The van der Waals surface area contributed by atoms with E-state index in [1.54, 1.807) is 0 Å². The van der Waals surface area contributed by atoms with Gasteiger partial charge in [0.25, 0.3) is 0 Å². The number of rotatable bonds is 4. The van der Waals surface area contributed by atoms with Gasteiger partial charge in [-0.1, -0.05) is 18.1 Å². The Labute approximate surface area is 129 Å². The maximum Gasteiger partial charge on any atom is 0.138 e. The Balaban J connectivity index is 2.14. The second kappa shape index (κ2) is 5.64. The lowest BCUT2D eigenvalue weighted by Gasteiger charge is -2.07. The molecule has 0 spiro atoms. The average molecular weight is 294 g/mol. The number of aryl methyl sites for hydroxylation is 3. The number of nitrogens with zero attached hydrogens (tertiary/aromatic N) is 4. The van der Waals surface area contributed by atoms with Gasteiger partial charge in [0, 0.05) is 5.56 Å². The third-order valence-corrected chi connectivity index (χ3v) is 4.03. The number of nitriles is 1. The second-order valence-corrected chi connectivity index (χ2v) is 5.43. The van der Waals surface area contributed by atoms with E-state index in [1.807, 2.05) is 13.8 Å². The average Bonchev–Trinajstić information content (AvgIpc) is 3.02. The Hall–Kier alpha value is -2.61. The molecule has 5 nitrogen and oxygen atoms in total. The molecule has 0 unspecified atom stereocenters. The van der Waals surface area contributed by atoms with Crippen molar-refractivity contribution >= 4 is 11.0 Å². The third-order valence-electron chi connectivity index (χ3n) is 4.03. The summed E-state index contributed by atoms with van der Waals surface area (Å²) in [5.41, 5.74) is 5.17. The van der Waals surface area contributed by atoms with Crippen LogP contribution in [-0.2, 0) is 19.4 Å². The smallest absolute Gasteiger partial charge is 0.138 e. The summed E-state index contributed by atoms with van der Waals surface area (Å²) in [4.78, 5) is 4.64. The van der Waals surface area contributed by atoms with Gasteiger partial charge >= 0.3 is 0 Å². The maximum atomic E-state index is 9.07. The zero-order chi connectivity index (χ0) is 15.7. The van der Waals surface area contributed by atoms with Crippen LogP contribution >= 0.6 is 0 Å². The molecule has 22 heavy (non-hydrogen) atoms. The maximum absolute atomic E-state index is 9.07. The molecule has 0 saturated carbocycles. The highest BCUT2D eigenvalue weighted by Crippen LogP contribution is 2.22. The first-order valence-corrected chi connectivity index (χ1v) is 7.40. The number of benzene rings is 1. The topological polar surface area (TPSA) is 67.6 Å². The van der Waals surface area contributed by atoms with Gasteiger partial charge in [0.15, 0.2) is 0 Å². The van der Waals surface area contributed by atoms with Crippen molar-refractivity contribution < 1.29 is 4.52 Å². The summed E-state index contributed by atoms with van der Waals surface area (Å²) in [7, 11) is 0. The molecular formula is C17H18N4O. The van der Waals surface area contributed by atoms with E-state index in [0.29, 0.717) is 13.0 Å². The molecule has 3 rings (SSSR count). The highest BCUT2D eigenvalue weighted by atomic mass is 16.5. The largest absolute Gasteiger partial charge is 0.361 e. The molecule has 0 amide bonds. The van der Waals surface area contributed by atoms with E-state index in [1.165, 1.54) is 5.56 Å². The van der Waals surface area contributed by atoms with Crippen molar-refractivity contribution in [2.45, 2.75) is 40.2 Å². The van der Waals surface area contributed by atoms with Crippen LogP contribution in [0.5, 0.6) is 0 Å². The molecule has 0 bridgehead atoms. The highest BCUT2D eigenvalue weighted by molar-refractivity contribution is 5.77. The zero-order valence-electron chi connectivity index (χ0n) is 13.1. The highest BCUT2D eigenvalue weighted by Gasteiger charge is 2.15. The molecule has 5 heteroatoms. The van der Waals surface area contributed by atoms with Gasteiger partial charge in [0.05, 0.1) is 35.8 Å². The predicted molar refractivity (Wildman–Crippen MR) is 83.5 cm³/mol. The first kappa shape index (κ1) is 14.3. The molecule has 2 aromatic heterocycles. The van der Waals surface area contributed by atoms with Crippen molar-refractivity contribution in [3.05, 3.63) is 46.6 Å². The first-order chi connectivity index (χ1) is 10.6. The summed E-state index contributed by atoms with van der Waals surface area (Å²) in [5.74, 6) is 1.60. The van der Waals surface area contributed by atoms with Crippen molar-refractivity contribution in [3.63, 3.8) is 0 Å². The molecule has 0 atom stereocenters. The van der Waals surface area contributed by atoms with Crippen LogP contribution in [0.15, 0.2) is 22.7 Å². The van der Waals surface area contributed by atoms with Gasteiger partial charge in [-0.3, -0.25) is 0 Å². The van der Waals surface area contributed by atoms with Gasteiger partial charge in [-0.05, 0) is 38.0 Å². The van der Waals surface area contributed by atoms with Crippen molar-refractivity contribution in [3.8, 4) is 6.07 Å². The van der Waals surface area contributed by atoms with Crippen LogP contribution in [0.4, 0.5) is 0 Å². The second-order valence-electron chi connectivity index (χ2n) is 5.43. The lowest BCUT2D eigenvalue weighted by atomic mass is 10.1. The van der Waals surface area contributed by atoms with Gasteiger partial charge in [-0.15, -0.1) is 0 Å². The van der Waals surface area contributed by atoms with Crippen LogP contribution in [0.25, 0.3) is 11.0 Å². The van der Waals surface area contributed by atoms with Crippen LogP contribution in [-0.4, -0.2) is 14.7 Å². The van der Waals surface area contributed by atoms with E-state index < -0.39 is 0 Å².